The topological polar surface area (TPSA) is 116 Å². The van der Waals surface area contributed by atoms with Crippen molar-refractivity contribution in [3.05, 3.63) is 68.2 Å². The van der Waals surface area contributed by atoms with Gasteiger partial charge in [0.25, 0.3) is 0 Å². The molecule has 1 aliphatic rings. The Bertz CT molecular complexity index is 1150. The summed E-state index contributed by atoms with van der Waals surface area (Å²) in [6.45, 7) is 2.26. The number of rotatable bonds is 14. The maximum Gasteiger partial charge on any atom is 0.416 e. The van der Waals surface area contributed by atoms with Gasteiger partial charge in [0.2, 0.25) is 5.91 Å². The predicted octanol–water partition coefficient (Wildman–Crippen LogP) is 6.93. The lowest BCUT2D eigenvalue weighted by molar-refractivity contribution is -0.133. The van der Waals surface area contributed by atoms with E-state index >= 15 is 0 Å². The molecule has 8 nitrogen and oxygen atoms in total. The lowest BCUT2D eigenvalue weighted by Crippen LogP contribution is -2.46. The summed E-state index contributed by atoms with van der Waals surface area (Å²) >= 11 is 1.23. The highest BCUT2D eigenvalue weighted by Gasteiger charge is 2.43. The summed E-state index contributed by atoms with van der Waals surface area (Å²) in [5.74, 6) is 5.51. The van der Waals surface area contributed by atoms with Crippen LogP contribution in [0.4, 0.5) is 4.79 Å². The van der Waals surface area contributed by atoms with Crippen molar-refractivity contribution in [2.45, 2.75) is 89.3 Å². The highest BCUT2D eigenvalue weighted by molar-refractivity contribution is 7.10. The molecule has 3 atom stereocenters. The number of nitrogens with zero attached hydrogens (tertiary/aromatic N) is 4. The zero-order valence-corrected chi connectivity index (χ0v) is 22.7. The molecular formula is C29H36N4O4S. The number of aliphatic hydroxyl groups is 1. The van der Waals surface area contributed by atoms with Crippen LogP contribution in [0.1, 0.15) is 86.8 Å². The molecule has 1 saturated heterocycles. The average Bonchev–Trinajstić information content (AvgIpc) is 3.55. The first kappa shape index (κ1) is 29.2. The van der Waals surface area contributed by atoms with Crippen LogP contribution in [0.25, 0.3) is 10.4 Å². The van der Waals surface area contributed by atoms with E-state index in [2.05, 4.69) is 28.8 Å². The van der Waals surface area contributed by atoms with Gasteiger partial charge in [-0.15, -0.1) is 11.3 Å². The number of imide groups is 1. The third kappa shape index (κ3) is 8.63. The van der Waals surface area contributed by atoms with Gasteiger partial charge in [-0.3, -0.25) is 4.79 Å². The van der Waals surface area contributed by atoms with E-state index in [0.717, 1.165) is 28.9 Å². The number of carbonyl (C=O) groups excluding carboxylic acids is 2. The number of hydrogen-bond acceptors (Lipinski definition) is 6. The second-order valence-electron chi connectivity index (χ2n) is 9.49. The van der Waals surface area contributed by atoms with Crippen molar-refractivity contribution in [2.24, 2.45) is 5.11 Å². The Morgan fingerprint density at radius 1 is 1.21 bits per heavy atom. The van der Waals surface area contributed by atoms with Crippen LogP contribution in [0.2, 0.25) is 0 Å². The maximum absolute atomic E-state index is 13.3. The minimum Gasteiger partial charge on any atom is -0.447 e. The fraction of sp³-hybridized carbons (Fsp3) is 0.517. The van der Waals surface area contributed by atoms with Crippen molar-refractivity contribution < 1.29 is 19.4 Å². The van der Waals surface area contributed by atoms with E-state index in [0.29, 0.717) is 11.3 Å². The van der Waals surface area contributed by atoms with Gasteiger partial charge in [-0.2, -0.15) is 0 Å². The van der Waals surface area contributed by atoms with Gasteiger partial charge >= 0.3 is 6.09 Å². The van der Waals surface area contributed by atoms with Crippen LogP contribution >= 0.6 is 11.3 Å². The summed E-state index contributed by atoms with van der Waals surface area (Å²) in [6.07, 6.45) is 8.98. The van der Waals surface area contributed by atoms with E-state index in [9.17, 15) is 14.7 Å². The number of aliphatic hydroxyl groups excluding tert-OH is 1. The van der Waals surface area contributed by atoms with Crippen LogP contribution < -0.4 is 0 Å². The maximum atomic E-state index is 13.3. The molecule has 9 heteroatoms. The van der Waals surface area contributed by atoms with Gasteiger partial charge in [-0.1, -0.05) is 99.2 Å². The lowest BCUT2D eigenvalue weighted by Gasteiger charge is -2.24. The molecule has 0 unspecified atom stereocenters. The third-order valence-electron chi connectivity index (χ3n) is 6.54. The summed E-state index contributed by atoms with van der Waals surface area (Å²) in [5.41, 5.74) is 10.8. The van der Waals surface area contributed by atoms with Gasteiger partial charge in [-0.25, -0.2) is 9.69 Å². The smallest absolute Gasteiger partial charge is 0.416 e. The van der Waals surface area contributed by atoms with Crippen LogP contribution in [0.15, 0.2) is 46.9 Å². The zero-order valence-electron chi connectivity index (χ0n) is 21.9. The van der Waals surface area contributed by atoms with E-state index in [1.807, 2.05) is 30.3 Å². The minimum absolute atomic E-state index is 0.0378. The molecule has 1 aromatic carbocycles. The molecule has 1 fully saturated rings. The summed E-state index contributed by atoms with van der Waals surface area (Å²) in [4.78, 5) is 29.9. The largest absolute Gasteiger partial charge is 0.447 e. The number of cyclic esters (lactones) is 1. The quantitative estimate of drug-likeness (QED) is 0.0926. The Morgan fingerprint density at radius 3 is 2.63 bits per heavy atom. The van der Waals surface area contributed by atoms with Crippen molar-refractivity contribution in [3.8, 4) is 11.8 Å². The Morgan fingerprint density at radius 2 is 1.92 bits per heavy atom. The molecule has 0 spiro atoms. The molecular weight excluding hydrogens is 500 g/mol. The SMILES string of the molecule is CCCCCCCCCCC#Cc1csc([C@@H](O)[C@@H](N=[N+]=[N-])C(=O)N2C(=O)OC[C@@H]2Cc2ccccc2)c1. The Balaban J connectivity index is 1.57. The highest BCUT2D eigenvalue weighted by Crippen LogP contribution is 2.29. The van der Waals surface area contributed by atoms with Crippen molar-refractivity contribution in [1.29, 1.82) is 0 Å². The number of unbranched alkanes of at least 4 members (excludes halogenated alkanes) is 8. The van der Waals surface area contributed by atoms with E-state index < -0.39 is 30.2 Å². The molecule has 1 N–H and O–H groups in total. The number of azide groups is 1. The fourth-order valence-corrected chi connectivity index (χ4v) is 5.31. The molecule has 0 saturated carbocycles. The fourth-order valence-electron chi connectivity index (χ4n) is 4.45. The first-order valence-electron chi connectivity index (χ1n) is 13.4. The molecule has 2 aromatic rings. The number of carbonyl (C=O) groups is 2. The number of hydrogen-bond donors (Lipinski definition) is 1. The molecule has 202 valence electrons. The van der Waals surface area contributed by atoms with E-state index in [4.69, 9.17) is 10.3 Å². The third-order valence-corrected chi connectivity index (χ3v) is 7.54. The van der Waals surface area contributed by atoms with Crippen LogP contribution in [0, 0.1) is 11.8 Å². The van der Waals surface area contributed by atoms with Crippen LogP contribution in [-0.2, 0) is 16.0 Å². The van der Waals surface area contributed by atoms with Gasteiger partial charge in [0.15, 0.2) is 0 Å². The molecule has 0 aliphatic carbocycles. The minimum atomic E-state index is -1.50. The van der Waals surface area contributed by atoms with E-state index in [1.165, 1.54) is 56.3 Å². The molecule has 2 amide bonds. The monoisotopic (exact) mass is 536 g/mol. The number of ether oxygens (including phenoxy) is 1. The average molecular weight is 537 g/mol. The summed E-state index contributed by atoms with van der Waals surface area (Å²) < 4.78 is 5.12. The second-order valence-corrected chi connectivity index (χ2v) is 10.4. The number of amides is 2. The van der Waals surface area contributed by atoms with Crippen molar-refractivity contribution in [1.82, 2.24) is 4.90 Å². The molecule has 1 aliphatic heterocycles. The zero-order chi connectivity index (χ0) is 27.2. The number of benzene rings is 1. The van der Waals surface area contributed by atoms with Crippen LogP contribution in [0.3, 0.4) is 0 Å². The Kier molecular flexibility index (Phi) is 12.2. The molecule has 2 heterocycles. The summed E-state index contributed by atoms with van der Waals surface area (Å²) in [5, 5.41) is 16.3. The van der Waals surface area contributed by atoms with E-state index in [-0.39, 0.29) is 6.61 Å². The highest BCUT2D eigenvalue weighted by atomic mass is 32.1. The Hall–Kier alpha value is -3.31. The normalized spacial score (nSPS) is 16.2. The first-order valence-corrected chi connectivity index (χ1v) is 14.3. The Labute approximate surface area is 228 Å². The molecule has 0 radical (unpaired) electrons. The van der Waals surface area contributed by atoms with Gasteiger partial charge in [0.1, 0.15) is 18.8 Å². The van der Waals surface area contributed by atoms with Crippen LogP contribution in [-0.4, -0.2) is 40.7 Å². The van der Waals surface area contributed by atoms with Crippen molar-refractivity contribution in [3.63, 3.8) is 0 Å². The van der Waals surface area contributed by atoms with Crippen molar-refractivity contribution in [2.75, 3.05) is 6.61 Å². The predicted molar refractivity (Wildman–Crippen MR) is 148 cm³/mol. The molecule has 3 rings (SSSR count). The van der Waals surface area contributed by atoms with Crippen molar-refractivity contribution >= 4 is 23.3 Å². The second kappa shape index (κ2) is 15.8. The van der Waals surface area contributed by atoms with Gasteiger partial charge in [-0.05, 0) is 30.0 Å². The summed E-state index contributed by atoms with van der Waals surface area (Å²) in [7, 11) is 0. The van der Waals surface area contributed by atoms with Gasteiger partial charge in [0.05, 0.1) is 6.04 Å². The standard InChI is InChI=1S/C29H36N4O4S/c1-2-3-4-5-6-7-8-9-10-12-17-23-19-25(38-21-23)27(34)26(31-32-30)28(35)33-24(20-37-29(33)36)18-22-15-13-11-14-16-22/h11,13-16,19,21,24,26-27,34H,2-10,18,20H2,1H3/t24-,26+,27+/m0/s1. The summed E-state index contributed by atoms with van der Waals surface area (Å²) in [6, 6.07) is 9.07. The van der Waals surface area contributed by atoms with Gasteiger partial charge < -0.3 is 9.84 Å². The molecule has 38 heavy (non-hydrogen) atoms. The number of thiophene rings is 1. The lowest BCUT2D eigenvalue weighted by atomic mass is 10.0. The molecule has 1 aromatic heterocycles. The van der Waals surface area contributed by atoms with Gasteiger partial charge in [0, 0.05) is 27.2 Å². The molecule has 0 bridgehead atoms. The first-order chi connectivity index (χ1) is 18.5. The van der Waals surface area contributed by atoms with Crippen LogP contribution in [0.5, 0.6) is 0 Å². The van der Waals surface area contributed by atoms with E-state index in [1.54, 1.807) is 11.4 Å².